The van der Waals surface area contributed by atoms with Crippen LogP contribution in [0.2, 0.25) is 0 Å². The Hall–Kier alpha value is -3.10. The van der Waals surface area contributed by atoms with E-state index < -0.39 is 11.9 Å². The van der Waals surface area contributed by atoms with E-state index in [1.165, 1.54) is 0 Å². The number of benzene rings is 2. The molecule has 0 aliphatic carbocycles. The highest BCUT2D eigenvalue weighted by Gasteiger charge is 2.14. The van der Waals surface area contributed by atoms with Gasteiger partial charge in [-0.25, -0.2) is 4.98 Å². The number of methoxy groups -OCH3 is 1. The van der Waals surface area contributed by atoms with Gasteiger partial charge in [0.05, 0.1) is 37.3 Å². The van der Waals surface area contributed by atoms with Crippen molar-refractivity contribution in [3.63, 3.8) is 0 Å². The highest BCUT2D eigenvalue weighted by atomic mass is 16.5. The SMILES string of the molecule is CCOCCn1c(CN[C@@H](C)C(N)=O)nc2ccc(Oc3ccc(OC)cc3)cc21. The third kappa shape index (κ3) is 5.28. The van der Waals surface area contributed by atoms with Crippen LogP contribution in [0.1, 0.15) is 19.7 Å². The van der Waals surface area contributed by atoms with Gasteiger partial charge in [0.2, 0.25) is 5.91 Å². The van der Waals surface area contributed by atoms with Crippen LogP contribution in [0.3, 0.4) is 0 Å². The maximum atomic E-state index is 11.3. The number of nitrogens with zero attached hydrogens (tertiary/aromatic N) is 2. The van der Waals surface area contributed by atoms with Crippen molar-refractivity contribution in [1.29, 1.82) is 0 Å². The normalized spacial score (nSPS) is 12.1. The number of hydrogen-bond acceptors (Lipinski definition) is 6. The number of imidazole rings is 1. The van der Waals surface area contributed by atoms with Crippen molar-refractivity contribution in [3.05, 3.63) is 48.3 Å². The van der Waals surface area contributed by atoms with E-state index in [0.717, 1.165) is 22.6 Å². The maximum absolute atomic E-state index is 11.3. The number of nitrogens with one attached hydrogen (secondary N) is 1. The zero-order valence-corrected chi connectivity index (χ0v) is 17.6. The molecule has 0 aliphatic rings. The number of amides is 1. The van der Waals surface area contributed by atoms with Gasteiger partial charge in [-0.2, -0.15) is 0 Å². The van der Waals surface area contributed by atoms with Crippen LogP contribution >= 0.6 is 0 Å². The van der Waals surface area contributed by atoms with Gasteiger partial charge in [0.15, 0.2) is 0 Å². The van der Waals surface area contributed by atoms with E-state index in [1.807, 2.05) is 49.4 Å². The Bertz CT molecular complexity index is 985. The number of nitrogens with two attached hydrogens (primary N) is 1. The van der Waals surface area contributed by atoms with E-state index >= 15 is 0 Å². The molecule has 3 aromatic rings. The molecule has 8 heteroatoms. The summed E-state index contributed by atoms with van der Waals surface area (Å²) in [7, 11) is 1.63. The molecule has 0 radical (unpaired) electrons. The Morgan fingerprint density at radius 3 is 2.53 bits per heavy atom. The lowest BCUT2D eigenvalue weighted by atomic mass is 10.3. The molecule has 1 aromatic heterocycles. The van der Waals surface area contributed by atoms with Crippen LogP contribution in [0.4, 0.5) is 0 Å². The molecule has 30 heavy (non-hydrogen) atoms. The smallest absolute Gasteiger partial charge is 0.234 e. The number of ether oxygens (including phenoxy) is 3. The van der Waals surface area contributed by atoms with Gasteiger partial charge in [-0.15, -0.1) is 0 Å². The first-order valence-electron chi connectivity index (χ1n) is 9.93. The average molecular weight is 412 g/mol. The lowest BCUT2D eigenvalue weighted by Gasteiger charge is -2.13. The molecule has 0 spiro atoms. The Balaban J connectivity index is 1.86. The second-order valence-electron chi connectivity index (χ2n) is 6.81. The molecule has 1 amide bonds. The van der Waals surface area contributed by atoms with Crippen molar-refractivity contribution in [3.8, 4) is 17.2 Å². The fourth-order valence-corrected chi connectivity index (χ4v) is 3.03. The largest absolute Gasteiger partial charge is 0.497 e. The highest BCUT2D eigenvalue weighted by Crippen LogP contribution is 2.27. The molecule has 0 fully saturated rings. The summed E-state index contributed by atoms with van der Waals surface area (Å²) in [5, 5.41) is 3.11. The minimum atomic E-state index is -0.445. The molecule has 0 aliphatic heterocycles. The first-order chi connectivity index (χ1) is 14.5. The van der Waals surface area contributed by atoms with Crippen molar-refractivity contribution < 1.29 is 19.0 Å². The molecular formula is C22H28N4O4. The van der Waals surface area contributed by atoms with Crippen LogP contribution in [0.15, 0.2) is 42.5 Å². The summed E-state index contributed by atoms with van der Waals surface area (Å²) in [4.78, 5) is 16.0. The lowest BCUT2D eigenvalue weighted by molar-refractivity contribution is -0.119. The molecule has 3 rings (SSSR count). The molecule has 2 aromatic carbocycles. The summed E-state index contributed by atoms with van der Waals surface area (Å²) >= 11 is 0. The van der Waals surface area contributed by atoms with Crippen LogP contribution in [0.25, 0.3) is 11.0 Å². The van der Waals surface area contributed by atoms with Crippen LogP contribution in [0.5, 0.6) is 17.2 Å². The number of rotatable bonds is 11. The van der Waals surface area contributed by atoms with E-state index in [4.69, 9.17) is 24.9 Å². The molecule has 0 unspecified atom stereocenters. The van der Waals surface area contributed by atoms with E-state index in [-0.39, 0.29) is 0 Å². The molecule has 0 saturated carbocycles. The fraction of sp³-hybridized carbons (Fsp3) is 0.364. The van der Waals surface area contributed by atoms with Crippen LogP contribution in [-0.2, 0) is 22.6 Å². The monoisotopic (exact) mass is 412 g/mol. The van der Waals surface area contributed by atoms with E-state index in [1.54, 1.807) is 14.0 Å². The molecule has 3 N–H and O–H groups in total. The van der Waals surface area contributed by atoms with Gasteiger partial charge in [-0.05, 0) is 50.2 Å². The van der Waals surface area contributed by atoms with E-state index in [9.17, 15) is 4.79 Å². The Morgan fingerprint density at radius 1 is 1.17 bits per heavy atom. The van der Waals surface area contributed by atoms with Crippen molar-refractivity contribution in [1.82, 2.24) is 14.9 Å². The summed E-state index contributed by atoms with van der Waals surface area (Å²) in [6.07, 6.45) is 0. The van der Waals surface area contributed by atoms with Crippen LogP contribution < -0.4 is 20.5 Å². The van der Waals surface area contributed by atoms with Crippen LogP contribution in [-0.4, -0.2) is 41.8 Å². The van der Waals surface area contributed by atoms with Gasteiger partial charge in [-0.3, -0.25) is 10.1 Å². The first kappa shape index (κ1) is 21.6. The Morgan fingerprint density at radius 2 is 1.87 bits per heavy atom. The summed E-state index contributed by atoms with van der Waals surface area (Å²) in [6, 6.07) is 12.7. The quantitative estimate of drug-likeness (QED) is 0.470. The van der Waals surface area contributed by atoms with Crippen LogP contribution in [0, 0.1) is 0 Å². The third-order valence-corrected chi connectivity index (χ3v) is 4.75. The predicted octanol–water partition coefficient (Wildman–Crippen LogP) is 2.84. The zero-order valence-electron chi connectivity index (χ0n) is 17.6. The zero-order chi connectivity index (χ0) is 21.5. The van der Waals surface area contributed by atoms with Crippen molar-refractivity contribution in [2.45, 2.75) is 33.0 Å². The number of primary amides is 1. The van der Waals surface area contributed by atoms with Crippen molar-refractivity contribution in [2.24, 2.45) is 5.73 Å². The van der Waals surface area contributed by atoms with Crippen molar-refractivity contribution in [2.75, 3.05) is 20.3 Å². The second-order valence-corrected chi connectivity index (χ2v) is 6.81. The maximum Gasteiger partial charge on any atom is 0.234 e. The Labute approximate surface area is 175 Å². The van der Waals surface area contributed by atoms with Gasteiger partial charge in [-0.1, -0.05) is 0 Å². The lowest BCUT2D eigenvalue weighted by Crippen LogP contribution is -2.38. The fourth-order valence-electron chi connectivity index (χ4n) is 3.03. The molecule has 1 atom stereocenters. The minimum absolute atomic E-state index is 0.401. The van der Waals surface area contributed by atoms with Gasteiger partial charge in [0, 0.05) is 19.2 Å². The number of aromatic nitrogens is 2. The summed E-state index contributed by atoms with van der Waals surface area (Å²) in [6.45, 7) is 5.95. The number of carbonyl (C=O) groups excluding carboxylic acids is 1. The van der Waals surface area contributed by atoms with Gasteiger partial charge in [0.1, 0.15) is 23.1 Å². The molecule has 0 saturated heterocycles. The number of carbonyl (C=O) groups is 1. The summed E-state index contributed by atoms with van der Waals surface area (Å²) in [5.74, 6) is 2.60. The van der Waals surface area contributed by atoms with E-state index in [0.29, 0.717) is 37.8 Å². The van der Waals surface area contributed by atoms with E-state index in [2.05, 4.69) is 9.88 Å². The third-order valence-electron chi connectivity index (χ3n) is 4.75. The topological polar surface area (TPSA) is 101 Å². The highest BCUT2D eigenvalue weighted by molar-refractivity contribution is 5.79. The first-order valence-corrected chi connectivity index (χ1v) is 9.93. The van der Waals surface area contributed by atoms with Gasteiger partial charge < -0.3 is 24.5 Å². The molecule has 0 bridgehead atoms. The second kappa shape index (κ2) is 10.1. The molecule has 160 valence electrons. The minimum Gasteiger partial charge on any atom is -0.497 e. The summed E-state index contributed by atoms with van der Waals surface area (Å²) < 4.78 is 18.8. The van der Waals surface area contributed by atoms with Gasteiger partial charge >= 0.3 is 0 Å². The number of hydrogen-bond donors (Lipinski definition) is 2. The predicted molar refractivity (Wildman–Crippen MR) is 115 cm³/mol. The molecule has 1 heterocycles. The number of fused-ring (bicyclic) bond motifs is 1. The Kier molecular flexibility index (Phi) is 7.26. The average Bonchev–Trinajstić information content (AvgIpc) is 3.09. The van der Waals surface area contributed by atoms with Gasteiger partial charge in [0.25, 0.3) is 0 Å². The van der Waals surface area contributed by atoms with Crippen molar-refractivity contribution >= 4 is 16.9 Å². The molecule has 8 nitrogen and oxygen atoms in total. The molecular weight excluding hydrogens is 384 g/mol. The summed E-state index contributed by atoms with van der Waals surface area (Å²) in [5.41, 5.74) is 7.13. The standard InChI is InChI=1S/C22H28N4O4/c1-4-29-12-11-26-20-13-18(30-17-7-5-16(28-3)6-8-17)9-10-19(20)25-21(26)14-24-15(2)22(23)27/h5-10,13,15,24H,4,11-12,14H2,1-3H3,(H2,23,27)/t15-/m0/s1.